The molecule has 0 aliphatic rings. The van der Waals surface area contributed by atoms with E-state index in [1.54, 1.807) is 18.4 Å². The minimum Gasteiger partial charge on any atom is -0.496 e. The second kappa shape index (κ2) is 6.86. The van der Waals surface area contributed by atoms with E-state index in [0.717, 1.165) is 24.4 Å². The molecule has 0 radical (unpaired) electrons. The highest BCUT2D eigenvalue weighted by molar-refractivity contribution is 7.09. The van der Waals surface area contributed by atoms with Crippen LogP contribution in [-0.2, 0) is 6.42 Å². The average Bonchev–Trinajstić information content (AvgIpc) is 2.84. The first-order chi connectivity index (χ1) is 9.60. The topological polar surface area (TPSA) is 34.1 Å². The summed E-state index contributed by atoms with van der Waals surface area (Å²) in [6.45, 7) is 7.23. The van der Waals surface area contributed by atoms with Gasteiger partial charge >= 0.3 is 0 Å². The number of nitrogens with one attached hydrogen (secondary N) is 1. The minimum atomic E-state index is 0.269. The van der Waals surface area contributed by atoms with Crippen molar-refractivity contribution in [3.8, 4) is 5.75 Å². The van der Waals surface area contributed by atoms with Gasteiger partial charge in [0.1, 0.15) is 5.75 Å². The summed E-state index contributed by atoms with van der Waals surface area (Å²) in [5.74, 6) is 0.945. The number of ether oxygens (including phenoxy) is 1. The number of aromatic nitrogens is 1. The van der Waals surface area contributed by atoms with Gasteiger partial charge in [0, 0.05) is 35.6 Å². The van der Waals surface area contributed by atoms with E-state index in [-0.39, 0.29) is 6.04 Å². The fourth-order valence-electron chi connectivity index (χ4n) is 2.22. The molecule has 0 spiro atoms. The lowest BCUT2D eigenvalue weighted by Crippen LogP contribution is -2.22. The van der Waals surface area contributed by atoms with Gasteiger partial charge in [0.05, 0.1) is 12.1 Å². The predicted octanol–water partition coefficient (Wildman–Crippen LogP) is 3.66. The van der Waals surface area contributed by atoms with E-state index in [1.165, 1.54) is 16.1 Å². The maximum absolute atomic E-state index is 5.44. The standard InChI is InChI=1S/C16H22N2OS/c1-11-5-6-15(19-4)14(9-11)13(3)17-8-7-16-18-12(2)10-20-16/h5-6,9-10,13,17H,7-8H2,1-4H3. The second-order valence-corrected chi connectivity index (χ2v) is 6.00. The number of nitrogens with zero attached hydrogens (tertiary/aromatic N) is 1. The molecular formula is C16H22N2OS. The van der Waals surface area contributed by atoms with Crippen molar-refractivity contribution in [2.24, 2.45) is 0 Å². The number of aryl methyl sites for hydroxylation is 2. The van der Waals surface area contributed by atoms with Crippen LogP contribution < -0.4 is 10.1 Å². The Kier molecular flexibility index (Phi) is 5.15. The van der Waals surface area contributed by atoms with E-state index in [4.69, 9.17) is 4.74 Å². The fraction of sp³-hybridized carbons (Fsp3) is 0.438. The Morgan fingerprint density at radius 1 is 1.35 bits per heavy atom. The number of hydrogen-bond acceptors (Lipinski definition) is 4. The summed E-state index contributed by atoms with van der Waals surface area (Å²) in [6.07, 6.45) is 0.969. The first-order valence-electron chi connectivity index (χ1n) is 6.89. The Labute approximate surface area is 125 Å². The van der Waals surface area contributed by atoms with Gasteiger partial charge in [0.15, 0.2) is 0 Å². The van der Waals surface area contributed by atoms with Crippen molar-refractivity contribution in [1.82, 2.24) is 10.3 Å². The minimum absolute atomic E-state index is 0.269. The summed E-state index contributed by atoms with van der Waals surface area (Å²) in [4.78, 5) is 4.48. The average molecular weight is 290 g/mol. The van der Waals surface area contributed by atoms with Crippen LogP contribution in [0.15, 0.2) is 23.6 Å². The Bertz CT molecular complexity index is 565. The molecule has 0 aliphatic heterocycles. The molecule has 2 rings (SSSR count). The van der Waals surface area contributed by atoms with Crippen LogP contribution in [0, 0.1) is 13.8 Å². The quantitative estimate of drug-likeness (QED) is 0.881. The second-order valence-electron chi connectivity index (χ2n) is 5.05. The van der Waals surface area contributed by atoms with Gasteiger partial charge in [0.2, 0.25) is 0 Å². The van der Waals surface area contributed by atoms with Crippen LogP contribution in [0.3, 0.4) is 0 Å². The molecule has 0 amide bonds. The largest absolute Gasteiger partial charge is 0.496 e. The molecule has 1 aromatic heterocycles. The zero-order valence-corrected chi connectivity index (χ0v) is 13.4. The first-order valence-corrected chi connectivity index (χ1v) is 7.77. The van der Waals surface area contributed by atoms with E-state index in [1.807, 2.05) is 13.0 Å². The summed E-state index contributed by atoms with van der Waals surface area (Å²) in [6, 6.07) is 6.57. The van der Waals surface area contributed by atoms with Crippen LogP contribution in [0.4, 0.5) is 0 Å². The third-order valence-electron chi connectivity index (χ3n) is 3.31. The fourth-order valence-corrected chi connectivity index (χ4v) is 2.99. The van der Waals surface area contributed by atoms with Crippen molar-refractivity contribution in [3.05, 3.63) is 45.4 Å². The van der Waals surface area contributed by atoms with Gasteiger partial charge in [-0.3, -0.25) is 0 Å². The lowest BCUT2D eigenvalue weighted by atomic mass is 10.0. The van der Waals surface area contributed by atoms with Gasteiger partial charge in [-0.2, -0.15) is 0 Å². The monoisotopic (exact) mass is 290 g/mol. The Balaban J connectivity index is 1.94. The molecule has 0 bridgehead atoms. The van der Waals surface area contributed by atoms with Gasteiger partial charge in [-0.15, -0.1) is 11.3 Å². The van der Waals surface area contributed by atoms with Crippen LogP contribution in [0.5, 0.6) is 5.75 Å². The molecule has 0 fully saturated rings. The summed E-state index contributed by atoms with van der Waals surface area (Å²) >= 11 is 1.73. The molecule has 108 valence electrons. The molecule has 20 heavy (non-hydrogen) atoms. The molecule has 1 aromatic carbocycles. The molecule has 1 heterocycles. The third-order valence-corrected chi connectivity index (χ3v) is 4.33. The van der Waals surface area contributed by atoms with Crippen molar-refractivity contribution in [3.63, 3.8) is 0 Å². The normalized spacial score (nSPS) is 12.4. The molecule has 2 aromatic rings. The summed E-state index contributed by atoms with van der Waals surface area (Å²) in [5, 5.41) is 6.84. The number of rotatable bonds is 6. The highest BCUT2D eigenvalue weighted by atomic mass is 32.1. The van der Waals surface area contributed by atoms with E-state index < -0.39 is 0 Å². The highest BCUT2D eigenvalue weighted by Gasteiger charge is 2.11. The molecule has 0 saturated heterocycles. The van der Waals surface area contributed by atoms with Crippen molar-refractivity contribution in [2.45, 2.75) is 33.2 Å². The first kappa shape index (κ1) is 15.0. The number of benzene rings is 1. The summed E-state index contributed by atoms with van der Waals surface area (Å²) in [7, 11) is 1.72. The maximum Gasteiger partial charge on any atom is 0.123 e. The molecule has 0 saturated carbocycles. The number of thiazole rings is 1. The SMILES string of the molecule is COc1ccc(C)cc1C(C)NCCc1nc(C)cs1. The van der Waals surface area contributed by atoms with Crippen LogP contribution in [0.25, 0.3) is 0 Å². The number of hydrogen-bond donors (Lipinski definition) is 1. The van der Waals surface area contributed by atoms with Crippen LogP contribution in [0.1, 0.15) is 34.8 Å². The van der Waals surface area contributed by atoms with Crippen LogP contribution >= 0.6 is 11.3 Å². The molecular weight excluding hydrogens is 268 g/mol. The Hall–Kier alpha value is -1.39. The molecule has 0 aliphatic carbocycles. The molecule has 1 unspecified atom stereocenters. The van der Waals surface area contributed by atoms with E-state index >= 15 is 0 Å². The maximum atomic E-state index is 5.44. The summed E-state index contributed by atoms with van der Waals surface area (Å²) < 4.78 is 5.44. The van der Waals surface area contributed by atoms with Crippen molar-refractivity contribution in [2.75, 3.05) is 13.7 Å². The van der Waals surface area contributed by atoms with Crippen LogP contribution in [0.2, 0.25) is 0 Å². The lowest BCUT2D eigenvalue weighted by Gasteiger charge is -2.17. The smallest absolute Gasteiger partial charge is 0.123 e. The predicted molar refractivity (Wildman–Crippen MR) is 84.7 cm³/mol. The van der Waals surface area contributed by atoms with E-state index in [0.29, 0.717) is 0 Å². The number of methoxy groups -OCH3 is 1. The van der Waals surface area contributed by atoms with Gasteiger partial charge in [-0.05, 0) is 26.8 Å². The van der Waals surface area contributed by atoms with Crippen molar-refractivity contribution >= 4 is 11.3 Å². The van der Waals surface area contributed by atoms with Crippen molar-refractivity contribution in [1.29, 1.82) is 0 Å². The summed E-state index contributed by atoms with van der Waals surface area (Å²) in [5.41, 5.74) is 3.58. The molecule has 1 N–H and O–H groups in total. The van der Waals surface area contributed by atoms with Gasteiger partial charge < -0.3 is 10.1 Å². The third kappa shape index (κ3) is 3.81. The van der Waals surface area contributed by atoms with E-state index in [2.05, 4.69) is 41.7 Å². The lowest BCUT2D eigenvalue weighted by molar-refractivity contribution is 0.401. The zero-order chi connectivity index (χ0) is 14.5. The Morgan fingerprint density at radius 3 is 2.80 bits per heavy atom. The van der Waals surface area contributed by atoms with Crippen molar-refractivity contribution < 1.29 is 4.74 Å². The molecule has 3 nitrogen and oxygen atoms in total. The highest BCUT2D eigenvalue weighted by Crippen LogP contribution is 2.26. The Morgan fingerprint density at radius 2 is 2.15 bits per heavy atom. The van der Waals surface area contributed by atoms with Gasteiger partial charge in [-0.25, -0.2) is 4.98 Å². The van der Waals surface area contributed by atoms with E-state index in [9.17, 15) is 0 Å². The van der Waals surface area contributed by atoms with Crippen LogP contribution in [-0.4, -0.2) is 18.6 Å². The molecule has 4 heteroatoms. The van der Waals surface area contributed by atoms with Gasteiger partial charge in [-0.1, -0.05) is 17.7 Å². The zero-order valence-electron chi connectivity index (χ0n) is 12.6. The molecule has 1 atom stereocenters. The van der Waals surface area contributed by atoms with Gasteiger partial charge in [0.25, 0.3) is 0 Å².